The Labute approximate surface area is 134 Å². The molecule has 1 aliphatic heterocycles. The summed E-state index contributed by atoms with van der Waals surface area (Å²) < 4.78 is 18.6. The highest BCUT2D eigenvalue weighted by atomic mass is 19.1. The second kappa shape index (κ2) is 6.64. The van der Waals surface area contributed by atoms with Crippen LogP contribution in [0.15, 0.2) is 42.7 Å². The van der Waals surface area contributed by atoms with E-state index in [2.05, 4.69) is 10.3 Å². The van der Waals surface area contributed by atoms with Crippen LogP contribution in [0.3, 0.4) is 0 Å². The van der Waals surface area contributed by atoms with Gasteiger partial charge in [0.15, 0.2) is 11.6 Å². The zero-order chi connectivity index (χ0) is 16.2. The van der Waals surface area contributed by atoms with Gasteiger partial charge in [0.2, 0.25) is 0 Å². The van der Waals surface area contributed by atoms with Gasteiger partial charge in [0.25, 0.3) is 5.91 Å². The fourth-order valence-electron chi connectivity index (χ4n) is 2.73. The van der Waals surface area contributed by atoms with E-state index < -0.39 is 5.82 Å². The second-order valence-corrected chi connectivity index (χ2v) is 5.47. The van der Waals surface area contributed by atoms with Crippen LogP contribution in [0, 0.1) is 5.82 Å². The Balaban J connectivity index is 1.64. The zero-order valence-electron chi connectivity index (χ0n) is 12.8. The lowest BCUT2D eigenvalue weighted by atomic mass is 10.2. The van der Waals surface area contributed by atoms with Gasteiger partial charge >= 0.3 is 0 Å². The van der Waals surface area contributed by atoms with Gasteiger partial charge in [-0.1, -0.05) is 0 Å². The molecule has 23 heavy (non-hydrogen) atoms. The molecule has 1 atom stereocenters. The third-order valence-electron chi connectivity index (χ3n) is 3.91. The van der Waals surface area contributed by atoms with Crippen molar-refractivity contribution >= 4 is 11.6 Å². The minimum atomic E-state index is -0.525. The van der Waals surface area contributed by atoms with Crippen molar-refractivity contribution in [3.63, 3.8) is 0 Å². The summed E-state index contributed by atoms with van der Waals surface area (Å²) in [6, 6.07) is 8.27. The predicted molar refractivity (Wildman–Crippen MR) is 85.1 cm³/mol. The number of ether oxygens (including phenoxy) is 1. The van der Waals surface area contributed by atoms with Gasteiger partial charge in [-0.15, -0.1) is 0 Å². The molecular formula is C17H18FN3O2. The first-order valence-electron chi connectivity index (χ1n) is 7.47. The van der Waals surface area contributed by atoms with Crippen molar-refractivity contribution in [3.8, 4) is 5.75 Å². The summed E-state index contributed by atoms with van der Waals surface area (Å²) in [5, 5.41) is 3.36. The van der Waals surface area contributed by atoms with Crippen LogP contribution in [-0.4, -0.2) is 42.0 Å². The highest BCUT2D eigenvalue weighted by molar-refractivity contribution is 5.94. The van der Waals surface area contributed by atoms with E-state index in [0.717, 1.165) is 12.1 Å². The quantitative estimate of drug-likeness (QED) is 0.942. The minimum absolute atomic E-state index is 0.138. The first-order chi connectivity index (χ1) is 11.2. The van der Waals surface area contributed by atoms with Crippen LogP contribution < -0.4 is 10.1 Å². The molecule has 1 aromatic carbocycles. The average molecular weight is 315 g/mol. The zero-order valence-corrected chi connectivity index (χ0v) is 12.8. The highest BCUT2D eigenvalue weighted by Crippen LogP contribution is 2.21. The number of carbonyl (C=O) groups is 1. The molecule has 0 saturated carbocycles. The summed E-state index contributed by atoms with van der Waals surface area (Å²) in [6.07, 6.45) is 4.32. The van der Waals surface area contributed by atoms with Crippen molar-refractivity contribution in [2.24, 2.45) is 0 Å². The van der Waals surface area contributed by atoms with Crippen molar-refractivity contribution in [1.29, 1.82) is 0 Å². The first-order valence-corrected chi connectivity index (χ1v) is 7.47. The van der Waals surface area contributed by atoms with Crippen LogP contribution >= 0.6 is 0 Å². The Morgan fingerprint density at radius 1 is 1.43 bits per heavy atom. The van der Waals surface area contributed by atoms with Crippen LogP contribution in [-0.2, 0) is 0 Å². The average Bonchev–Trinajstić information content (AvgIpc) is 3.03. The number of likely N-dealkylation sites (tertiary alicyclic amines) is 1. The third kappa shape index (κ3) is 3.41. The maximum Gasteiger partial charge on any atom is 0.254 e. The number of aromatic nitrogens is 1. The number of amides is 1. The normalized spacial score (nSPS) is 17.1. The number of anilines is 1. The van der Waals surface area contributed by atoms with Gasteiger partial charge in [0.05, 0.1) is 12.8 Å². The fourth-order valence-corrected chi connectivity index (χ4v) is 2.73. The largest absolute Gasteiger partial charge is 0.494 e. The fraction of sp³-hybridized carbons (Fsp3) is 0.294. The lowest BCUT2D eigenvalue weighted by molar-refractivity contribution is 0.0791. The van der Waals surface area contributed by atoms with Crippen LogP contribution in [0.4, 0.5) is 10.1 Å². The van der Waals surface area contributed by atoms with E-state index in [0.29, 0.717) is 18.7 Å². The molecule has 0 spiro atoms. The molecule has 0 bridgehead atoms. The predicted octanol–water partition coefficient (Wildman–Crippen LogP) is 2.56. The standard InChI is InChI=1S/C17H18FN3O2/c1-23-16-5-4-12(9-15(16)18)17(22)21-8-6-14(11-21)20-13-3-2-7-19-10-13/h2-5,7,9-10,14,20H,6,8,11H2,1H3/t14-/m0/s1. The van der Waals surface area contributed by atoms with Crippen molar-refractivity contribution in [2.75, 3.05) is 25.5 Å². The van der Waals surface area contributed by atoms with E-state index in [1.165, 1.54) is 19.2 Å². The van der Waals surface area contributed by atoms with E-state index in [-0.39, 0.29) is 17.7 Å². The maximum absolute atomic E-state index is 13.7. The van der Waals surface area contributed by atoms with Crippen molar-refractivity contribution in [1.82, 2.24) is 9.88 Å². The lowest BCUT2D eigenvalue weighted by Gasteiger charge is -2.18. The number of carbonyl (C=O) groups excluding carboxylic acids is 1. The summed E-state index contributed by atoms with van der Waals surface area (Å²) >= 11 is 0. The molecule has 1 saturated heterocycles. The van der Waals surface area contributed by atoms with Crippen LogP contribution in [0.2, 0.25) is 0 Å². The number of rotatable bonds is 4. The molecule has 0 unspecified atom stereocenters. The van der Waals surface area contributed by atoms with Gasteiger partial charge in [-0.2, -0.15) is 0 Å². The Morgan fingerprint density at radius 3 is 3.00 bits per heavy atom. The molecule has 6 heteroatoms. The van der Waals surface area contributed by atoms with Crippen LogP contribution in [0.5, 0.6) is 5.75 Å². The van der Waals surface area contributed by atoms with E-state index in [4.69, 9.17) is 4.74 Å². The smallest absolute Gasteiger partial charge is 0.254 e. The van der Waals surface area contributed by atoms with Crippen molar-refractivity contribution < 1.29 is 13.9 Å². The molecule has 2 aromatic rings. The molecule has 3 rings (SSSR count). The van der Waals surface area contributed by atoms with Gasteiger partial charge in [0, 0.05) is 37.1 Å². The van der Waals surface area contributed by atoms with Gasteiger partial charge in [-0.05, 0) is 36.8 Å². The van der Waals surface area contributed by atoms with Crippen LogP contribution in [0.25, 0.3) is 0 Å². The van der Waals surface area contributed by atoms with Gasteiger partial charge in [-0.3, -0.25) is 9.78 Å². The number of pyridine rings is 1. The highest BCUT2D eigenvalue weighted by Gasteiger charge is 2.27. The van der Waals surface area contributed by atoms with E-state index in [9.17, 15) is 9.18 Å². The molecule has 2 heterocycles. The van der Waals surface area contributed by atoms with Crippen LogP contribution in [0.1, 0.15) is 16.8 Å². The number of halogens is 1. The Bertz CT molecular complexity index is 693. The van der Waals surface area contributed by atoms with Crippen molar-refractivity contribution in [2.45, 2.75) is 12.5 Å². The molecule has 1 N–H and O–H groups in total. The van der Waals surface area contributed by atoms with E-state index >= 15 is 0 Å². The number of hydrogen-bond donors (Lipinski definition) is 1. The second-order valence-electron chi connectivity index (χ2n) is 5.47. The molecule has 1 aromatic heterocycles. The summed E-state index contributed by atoms with van der Waals surface area (Å²) in [7, 11) is 1.40. The number of benzene rings is 1. The first kappa shape index (κ1) is 15.3. The van der Waals surface area contributed by atoms with Gasteiger partial charge in [-0.25, -0.2) is 4.39 Å². The van der Waals surface area contributed by atoms with E-state index in [1.807, 2.05) is 12.1 Å². The maximum atomic E-state index is 13.7. The summed E-state index contributed by atoms with van der Waals surface area (Å²) in [5.41, 5.74) is 1.27. The number of nitrogens with zero attached hydrogens (tertiary/aromatic N) is 2. The molecule has 1 fully saturated rings. The Kier molecular flexibility index (Phi) is 4.41. The molecule has 0 aliphatic carbocycles. The summed E-state index contributed by atoms with van der Waals surface area (Å²) in [6.45, 7) is 1.23. The third-order valence-corrected chi connectivity index (χ3v) is 3.91. The summed E-state index contributed by atoms with van der Waals surface area (Å²) in [4.78, 5) is 18.3. The molecule has 0 radical (unpaired) electrons. The number of nitrogens with one attached hydrogen (secondary N) is 1. The van der Waals surface area contributed by atoms with E-state index in [1.54, 1.807) is 23.4 Å². The molecular weight excluding hydrogens is 297 g/mol. The van der Waals surface area contributed by atoms with Gasteiger partial charge < -0.3 is 15.0 Å². The minimum Gasteiger partial charge on any atom is -0.494 e. The topological polar surface area (TPSA) is 54.5 Å². The summed E-state index contributed by atoms with van der Waals surface area (Å²) in [5.74, 6) is -0.552. The number of methoxy groups -OCH3 is 1. The van der Waals surface area contributed by atoms with Gasteiger partial charge in [0.1, 0.15) is 0 Å². The van der Waals surface area contributed by atoms with Crippen molar-refractivity contribution in [3.05, 3.63) is 54.1 Å². The molecule has 120 valence electrons. The Hall–Kier alpha value is -2.63. The monoisotopic (exact) mass is 315 g/mol. The molecule has 1 aliphatic rings. The number of hydrogen-bond acceptors (Lipinski definition) is 4. The molecule has 5 nitrogen and oxygen atoms in total. The Morgan fingerprint density at radius 2 is 2.30 bits per heavy atom. The lowest BCUT2D eigenvalue weighted by Crippen LogP contribution is -2.31. The molecule has 1 amide bonds. The SMILES string of the molecule is COc1ccc(C(=O)N2CC[C@H](Nc3cccnc3)C2)cc1F.